The maximum atomic E-state index is 5.94. The molecule has 1 atom stereocenters. The van der Waals surface area contributed by atoms with Crippen LogP contribution in [0.2, 0.25) is 0 Å². The van der Waals surface area contributed by atoms with Crippen molar-refractivity contribution in [2.24, 2.45) is 4.99 Å². The number of benzene rings is 1. The second-order valence-electron chi connectivity index (χ2n) is 6.60. The molecule has 1 aromatic carbocycles. The fourth-order valence-electron chi connectivity index (χ4n) is 3.10. The van der Waals surface area contributed by atoms with Crippen molar-refractivity contribution in [3.8, 4) is 5.75 Å². The number of rotatable bonds is 6. The van der Waals surface area contributed by atoms with E-state index in [9.17, 15) is 0 Å². The fraction of sp³-hybridized carbons (Fsp3) is 0.429. The van der Waals surface area contributed by atoms with E-state index in [1.165, 1.54) is 0 Å². The summed E-state index contributed by atoms with van der Waals surface area (Å²) in [5, 5.41) is 3.41. The highest BCUT2D eigenvalue weighted by molar-refractivity contribution is 5.80. The summed E-state index contributed by atoms with van der Waals surface area (Å²) >= 11 is 0. The zero-order chi connectivity index (χ0) is 18.9. The highest BCUT2D eigenvalue weighted by Gasteiger charge is 2.20. The molecule has 0 bridgehead atoms. The maximum absolute atomic E-state index is 5.94. The number of piperazine rings is 1. The van der Waals surface area contributed by atoms with Crippen molar-refractivity contribution in [2.45, 2.75) is 20.0 Å². The fourth-order valence-corrected chi connectivity index (χ4v) is 3.10. The van der Waals surface area contributed by atoms with Gasteiger partial charge in [-0.2, -0.15) is 0 Å². The minimum Gasteiger partial charge on any atom is -0.489 e. The minimum atomic E-state index is 0.0239. The van der Waals surface area contributed by atoms with Crippen LogP contribution in [0.1, 0.15) is 13.8 Å². The van der Waals surface area contributed by atoms with Crippen LogP contribution in [0.15, 0.2) is 59.7 Å². The predicted octanol–water partition coefficient (Wildman–Crippen LogP) is 2.64. The number of aromatic nitrogens is 1. The Labute approximate surface area is 161 Å². The van der Waals surface area contributed by atoms with Gasteiger partial charge in [0.25, 0.3) is 0 Å². The van der Waals surface area contributed by atoms with E-state index in [1.807, 2.05) is 48.7 Å². The van der Waals surface area contributed by atoms with Crippen LogP contribution in [-0.2, 0) is 0 Å². The van der Waals surface area contributed by atoms with Crippen LogP contribution in [0.5, 0.6) is 5.75 Å². The van der Waals surface area contributed by atoms with Crippen molar-refractivity contribution in [1.29, 1.82) is 0 Å². The first-order valence-corrected chi connectivity index (χ1v) is 9.67. The Balaban J connectivity index is 1.54. The molecule has 2 aromatic rings. The van der Waals surface area contributed by atoms with E-state index < -0.39 is 0 Å². The number of anilines is 1. The number of nitrogens with one attached hydrogen (secondary N) is 1. The van der Waals surface area contributed by atoms with E-state index >= 15 is 0 Å². The topological polar surface area (TPSA) is 53.0 Å². The van der Waals surface area contributed by atoms with Gasteiger partial charge in [0.1, 0.15) is 17.7 Å². The third-order valence-electron chi connectivity index (χ3n) is 4.47. The molecule has 1 aliphatic rings. The van der Waals surface area contributed by atoms with Gasteiger partial charge in [-0.1, -0.05) is 24.3 Å². The molecule has 0 saturated carbocycles. The van der Waals surface area contributed by atoms with Gasteiger partial charge in [-0.15, -0.1) is 0 Å². The van der Waals surface area contributed by atoms with Crippen LogP contribution in [0, 0.1) is 0 Å². The second kappa shape index (κ2) is 9.80. The predicted molar refractivity (Wildman–Crippen MR) is 111 cm³/mol. The standard InChI is InChI=1S/C21H29N5O/c1-3-22-21(24-17-18(2)27-19-9-5-4-6-10-19)26-15-13-25(14-16-26)20-11-7-8-12-23-20/h4-12,18H,3,13-17H2,1-2H3,(H,22,24). The Morgan fingerprint density at radius 3 is 2.52 bits per heavy atom. The lowest BCUT2D eigenvalue weighted by Gasteiger charge is -2.37. The Morgan fingerprint density at radius 2 is 1.85 bits per heavy atom. The van der Waals surface area contributed by atoms with Crippen molar-refractivity contribution in [3.05, 3.63) is 54.7 Å². The average Bonchev–Trinajstić information content (AvgIpc) is 2.73. The average molecular weight is 367 g/mol. The zero-order valence-electron chi connectivity index (χ0n) is 16.2. The van der Waals surface area contributed by atoms with Gasteiger partial charge in [0.15, 0.2) is 5.96 Å². The number of pyridine rings is 1. The Morgan fingerprint density at radius 1 is 1.11 bits per heavy atom. The second-order valence-corrected chi connectivity index (χ2v) is 6.60. The minimum absolute atomic E-state index is 0.0239. The molecule has 0 spiro atoms. The number of aliphatic imine (C=N–C) groups is 1. The summed E-state index contributed by atoms with van der Waals surface area (Å²) in [6.07, 6.45) is 1.87. The molecule has 6 heteroatoms. The van der Waals surface area contributed by atoms with Crippen LogP contribution in [0.4, 0.5) is 5.82 Å². The number of ether oxygens (including phenoxy) is 1. The molecular formula is C21H29N5O. The van der Waals surface area contributed by atoms with Gasteiger partial charge < -0.3 is 19.9 Å². The number of para-hydroxylation sites is 1. The van der Waals surface area contributed by atoms with Crippen LogP contribution in [0.25, 0.3) is 0 Å². The lowest BCUT2D eigenvalue weighted by Crippen LogP contribution is -2.53. The van der Waals surface area contributed by atoms with Crippen molar-refractivity contribution in [2.75, 3.05) is 44.2 Å². The third kappa shape index (κ3) is 5.61. The first kappa shape index (κ1) is 19.0. The summed E-state index contributed by atoms with van der Waals surface area (Å²) in [5.74, 6) is 2.89. The molecule has 144 valence electrons. The SMILES string of the molecule is CCNC(=NCC(C)Oc1ccccc1)N1CCN(c2ccccn2)CC1. The summed E-state index contributed by atoms with van der Waals surface area (Å²) in [7, 11) is 0. The molecule has 0 radical (unpaired) electrons. The van der Waals surface area contributed by atoms with Gasteiger partial charge in [0, 0.05) is 38.9 Å². The summed E-state index contributed by atoms with van der Waals surface area (Å²) in [5.41, 5.74) is 0. The summed E-state index contributed by atoms with van der Waals surface area (Å²) in [6.45, 7) is 9.37. The van der Waals surface area contributed by atoms with Crippen molar-refractivity contribution in [1.82, 2.24) is 15.2 Å². The first-order chi connectivity index (χ1) is 13.3. The van der Waals surface area contributed by atoms with Gasteiger partial charge in [0.2, 0.25) is 0 Å². The molecular weight excluding hydrogens is 338 g/mol. The Kier molecular flexibility index (Phi) is 6.90. The molecule has 2 heterocycles. The smallest absolute Gasteiger partial charge is 0.194 e. The molecule has 6 nitrogen and oxygen atoms in total. The molecule has 1 aliphatic heterocycles. The van der Waals surface area contributed by atoms with Crippen LogP contribution >= 0.6 is 0 Å². The van der Waals surface area contributed by atoms with Gasteiger partial charge in [-0.05, 0) is 38.1 Å². The van der Waals surface area contributed by atoms with Crippen LogP contribution < -0.4 is 15.0 Å². The largest absolute Gasteiger partial charge is 0.489 e. The lowest BCUT2D eigenvalue weighted by molar-refractivity contribution is 0.229. The van der Waals surface area contributed by atoms with Crippen molar-refractivity contribution >= 4 is 11.8 Å². The molecule has 27 heavy (non-hydrogen) atoms. The highest BCUT2D eigenvalue weighted by atomic mass is 16.5. The van der Waals surface area contributed by atoms with Gasteiger partial charge in [-0.25, -0.2) is 9.98 Å². The van der Waals surface area contributed by atoms with E-state index in [-0.39, 0.29) is 6.10 Å². The molecule has 0 aliphatic carbocycles. The number of nitrogens with zero attached hydrogens (tertiary/aromatic N) is 4. The molecule has 3 rings (SSSR count). The van der Waals surface area contributed by atoms with Crippen molar-refractivity contribution in [3.63, 3.8) is 0 Å². The van der Waals surface area contributed by atoms with E-state index in [1.54, 1.807) is 0 Å². The highest BCUT2D eigenvalue weighted by Crippen LogP contribution is 2.13. The quantitative estimate of drug-likeness (QED) is 0.628. The number of guanidine groups is 1. The monoisotopic (exact) mass is 367 g/mol. The molecule has 1 N–H and O–H groups in total. The molecule has 1 unspecified atom stereocenters. The Bertz CT molecular complexity index is 699. The number of hydrogen-bond acceptors (Lipinski definition) is 4. The zero-order valence-corrected chi connectivity index (χ0v) is 16.2. The van der Waals surface area contributed by atoms with E-state index in [0.29, 0.717) is 6.54 Å². The normalized spacial score (nSPS) is 16.1. The molecule has 1 saturated heterocycles. The van der Waals surface area contributed by atoms with Gasteiger partial charge in [-0.3, -0.25) is 0 Å². The first-order valence-electron chi connectivity index (χ1n) is 9.67. The summed E-state index contributed by atoms with van der Waals surface area (Å²) in [4.78, 5) is 13.9. The summed E-state index contributed by atoms with van der Waals surface area (Å²) in [6, 6.07) is 16.0. The van der Waals surface area contributed by atoms with Gasteiger partial charge in [0.05, 0.1) is 6.54 Å². The van der Waals surface area contributed by atoms with E-state index in [2.05, 4.69) is 40.0 Å². The third-order valence-corrected chi connectivity index (χ3v) is 4.47. The van der Waals surface area contributed by atoms with E-state index in [0.717, 1.165) is 50.3 Å². The Hall–Kier alpha value is -2.76. The molecule has 1 fully saturated rings. The van der Waals surface area contributed by atoms with Crippen LogP contribution in [-0.4, -0.2) is 61.2 Å². The maximum Gasteiger partial charge on any atom is 0.194 e. The number of hydrogen-bond donors (Lipinski definition) is 1. The summed E-state index contributed by atoms with van der Waals surface area (Å²) < 4.78 is 5.94. The molecule has 1 aromatic heterocycles. The van der Waals surface area contributed by atoms with Crippen LogP contribution in [0.3, 0.4) is 0 Å². The lowest BCUT2D eigenvalue weighted by atomic mass is 10.3. The molecule has 0 amide bonds. The van der Waals surface area contributed by atoms with Gasteiger partial charge >= 0.3 is 0 Å². The van der Waals surface area contributed by atoms with Crippen molar-refractivity contribution < 1.29 is 4.74 Å². The van der Waals surface area contributed by atoms with E-state index in [4.69, 9.17) is 9.73 Å².